The fraction of sp³-hybridized carbons (Fsp3) is 0.700. The number of hydrogen-bond acceptors (Lipinski definition) is 6. The van der Waals surface area contributed by atoms with E-state index in [1.807, 2.05) is 0 Å². The zero-order valence-corrected chi connectivity index (χ0v) is 10.9. The number of carbonyl (C=O) groups is 3. The quantitative estimate of drug-likeness (QED) is 0.242. The highest BCUT2D eigenvalue weighted by Gasteiger charge is 2.16. The van der Waals surface area contributed by atoms with Crippen molar-refractivity contribution in [3.63, 3.8) is 0 Å². The number of carboxylic acids is 2. The molecule has 2 atom stereocenters. The van der Waals surface area contributed by atoms with Gasteiger partial charge < -0.3 is 37.2 Å². The molecule has 0 aromatic carbocycles. The van der Waals surface area contributed by atoms with Crippen molar-refractivity contribution in [2.75, 3.05) is 13.2 Å². The summed E-state index contributed by atoms with van der Waals surface area (Å²) in [4.78, 5) is 29.6. The van der Waals surface area contributed by atoms with Gasteiger partial charge in [-0.25, -0.2) is 9.59 Å². The van der Waals surface area contributed by atoms with E-state index in [-0.39, 0.29) is 12.6 Å². The third-order valence-corrected chi connectivity index (χ3v) is 1.94. The molecule has 10 heteroatoms. The summed E-state index contributed by atoms with van der Waals surface area (Å²) in [6, 6.07) is -0.716. The van der Waals surface area contributed by atoms with E-state index >= 15 is 0 Å². The van der Waals surface area contributed by atoms with Gasteiger partial charge in [0.15, 0.2) is 6.10 Å². The molecule has 0 fully saturated rings. The molecule has 0 radical (unpaired) electrons. The van der Waals surface area contributed by atoms with Gasteiger partial charge in [0.2, 0.25) is 0 Å². The summed E-state index contributed by atoms with van der Waals surface area (Å²) in [6.07, 6.45) is -1.11. The largest absolute Gasteiger partial charge is 0.481 e. The van der Waals surface area contributed by atoms with E-state index < -0.39 is 30.5 Å². The molecule has 0 spiro atoms. The second-order valence-corrected chi connectivity index (χ2v) is 3.83. The highest BCUT2D eigenvalue weighted by molar-refractivity contribution is 5.79. The maximum Gasteiger partial charge on any atom is 0.333 e. The topological polar surface area (TPSA) is 196 Å². The Morgan fingerprint density at radius 2 is 1.75 bits per heavy atom. The minimum absolute atomic E-state index is 0.0173. The number of carboxylic acid groups (broad SMARTS) is 2. The lowest BCUT2D eigenvalue weighted by Crippen LogP contribution is -2.31. The molecular formula is C10H21N3O7. The second-order valence-electron chi connectivity index (χ2n) is 3.83. The van der Waals surface area contributed by atoms with Gasteiger partial charge in [-0.3, -0.25) is 4.79 Å². The van der Waals surface area contributed by atoms with Gasteiger partial charge in [-0.2, -0.15) is 0 Å². The number of primary amides is 1. The summed E-state index contributed by atoms with van der Waals surface area (Å²) in [5, 5.41) is 35.1. The summed E-state index contributed by atoms with van der Waals surface area (Å²) in [7, 11) is 0. The van der Waals surface area contributed by atoms with Crippen LogP contribution in [0, 0.1) is 0 Å². The number of nitrogens with two attached hydrogens (primary N) is 2. The summed E-state index contributed by atoms with van der Waals surface area (Å²) in [5.41, 5.74) is 10.2. The first-order valence-electron chi connectivity index (χ1n) is 5.73. The lowest BCUT2D eigenvalue weighted by molar-refractivity contribution is -0.152. The van der Waals surface area contributed by atoms with Gasteiger partial charge in [-0.05, 0) is 12.8 Å². The first kappa shape index (κ1) is 20.4. The van der Waals surface area contributed by atoms with E-state index in [1.165, 1.54) is 0 Å². The number of carbonyl (C=O) groups excluding carboxylic acids is 1. The second kappa shape index (κ2) is 12.1. The predicted octanol–water partition coefficient (Wildman–Crippen LogP) is -2.34. The molecule has 0 aromatic rings. The van der Waals surface area contributed by atoms with Crippen LogP contribution in [-0.4, -0.2) is 63.7 Å². The first-order chi connectivity index (χ1) is 9.20. The number of amides is 2. The fourth-order valence-corrected chi connectivity index (χ4v) is 0.920. The summed E-state index contributed by atoms with van der Waals surface area (Å²) in [6.45, 7) is 0.500. The maximum absolute atomic E-state index is 10.1. The van der Waals surface area contributed by atoms with E-state index in [0.717, 1.165) is 6.42 Å². The molecule has 2 unspecified atom stereocenters. The average Bonchev–Trinajstić information content (AvgIpc) is 2.33. The van der Waals surface area contributed by atoms with Crippen LogP contribution in [0.2, 0.25) is 0 Å². The molecule has 0 aliphatic carbocycles. The normalized spacial score (nSPS) is 12.6. The number of aliphatic carboxylic acids is 2. The predicted molar refractivity (Wildman–Crippen MR) is 67.8 cm³/mol. The van der Waals surface area contributed by atoms with E-state index in [4.69, 9.17) is 31.9 Å². The van der Waals surface area contributed by atoms with Crippen molar-refractivity contribution in [1.82, 2.24) is 5.32 Å². The van der Waals surface area contributed by atoms with Crippen LogP contribution in [0.5, 0.6) is 0 Å². The van der Waals surface area contributed by atoms with Crippen molar-refractivity contribution in [2.24, 2.45) is 11.5 Å². The monoisotopic (exact) mass is 295 g/mol. The summed E-state index contributed by atoms with van der Waals surface area (Å²) < 4.78 is 0. The molecule has 0 heterocycles. The van der Waals surface area contributed by atoms with Crippen molar-refractivity contribution in [3.8, 4) is 0 Å². The van der Waals surface area contributed by atoms with Crippen molar-refractivity contribution < 1.29 is 34.8 Å². The van der Waals surface area contributed by atoms with Gasteiger partial charge in [0.05, 0.1) is 13.0 Å². The lowest BCUT2D eigenvalue weighted by atomic mass is 10.2. The standard InChI is InChI=1S/C6H15N3O2.C4H6O5/c7-5(4-10)2-1-3-9-6(8)11;5-2(4(8)9)1-3(6)7/h5,10H,1-4,7H2,(H3,8,9,11);2,5H,1H2,(H,6,7)(H,8,9). The van der Waals surface area contributed by atoms with E-state index in [0.29, 0.717) is 13.0 Å². The number of aliphatic hydroxyl groups is 2. The molecule has 0 aliphatic rings. The Balaban J connectivity index is 0. The van der Waals surface area contributed by atoms with Gasteiger partial charge in [-0.15, -0.1) is 0 Å². The minimum Gasteiger partial charge on any atom is -0.481 e. The molecule has 10 nitrogen and oxygen atoms in total. The van der Waals surface area contributed by atoms with E-state index in [9.17, 15) is 14.4 Å². The molecule has 2 amide bonds. The van der Waals surface area contributed by atoms with Crippen LogP contribution in [0.3, 0.4) is 0 Å². The minimum atomic E-state index is -1.79. The Bertz CT molecular complexity index is 311. The van der Waals surface area contributed by atoms with Crippen molar-refractivity contribution in [1.29, 1.82) is 0 Å². The van der Waals surface area contributed by atoms with Gasteiger partial charge in [0, 0.05) is 12.6 Å². The maximum atomic E-state index is 10.1. The molecule has 0 saturated heterocycles. The Morgan fingerprint density at radius 3 is 2.05 bits per heavy atom. The Morgan fingerprint density at radius 1 is 1.20 bits per heavy atom. The van der Waals surface area contributed by atoms with Crippen molar-refractivity contribution in [3.05, 3.63) is 0 Å². The SMILES string of the molecule is NC(=O)NCCCC(N)CO.O=C(O)CC(O)C(=O)O. The molecule has 0 saturated carbocycles. The van der Waals surface area contributed by atoms with Crippen molar-refractivity contribution in [2.45, 2.75) is 31.4 Å². The number of hydrogen-bond donors (Lipinski definition) is 7. The lowest BCUT2D eigenvalue weighted by Gasteiger charge is -2.06. The first-order valence-corrected chi connectivity index (χ1v) is 5.73. The van der Waals surface area contributed by atoms with E-state index in [2.05, 4.69) is 5.32 Å². The van der Waals surface area contributed by atoms with Gasteiger partial charge in [0.25, 0.3) is 0 Å². The van der Waals surface area contributed by atoms with Crippen LogP contribution >= 0.6 is 0 Å². The number of aliphatic hydroxyl groups excluding tert-OH is 2. The number of urea groups is 1. The van der Waals surface area contributed by atoms with E-state index in [1.54, 1.807) is 0 Å². The third kappa shape index (κ3) is 16.1. The molecular weight excluding hydrogens is 274 g/mol. The Labute approximate surface area is 115 Å². The zero-order valence-electron chi connectivity index (χ0n) is 10.9. The van der Waals surface area contributed by atoms with Crippen LogP contribution in [0.15, 0.2) is 0 Å². The molecule has 118 valence electrons. The van der Waals surface area contributed by atoms with Gasteiger partial charge in [0.1, 0.15) is 0 Å². The van der Waals surface area contributed by atoms with Gasteiger partial charge in [-0.1, -0.05) is 0 Å². The molecule has 9 N–H and O–H groups in total. The zero-order chi connectivity index (χ0) is 16.1. The fourth-order valence-electron chi connectivity index (χ4n) is 0.920. The Kier molecular flexibility index (Phi) is 12.4. The van der Waals surface area contributed by atoms with Crippen LogP contribution in [0.4, 0.5) is 4.79 Å². The molecule has 0 bridgehead atoms. The average molecular weight is 295 g/mol. The number of rotatable bonds is 8. The molecule has 0 aliphatic heterocycles. The molecule has 0 aromatic heterocycles. The highest BCUT2D eigenvalue weighted by atomic mass is 16.4. The smallest absolute Gasteiger partial charge is 0.333 e. The Hall–Kier alpha value is -1.91. The van der Waals surface area contributed by atoms with Crippen molar-refractivity contribution >= 4 is 18.0 Å². The molecule has 0 rings (SSSR count). The van der Waals surface area contributed by atoms with Gasteiger partial charge >= 0.3 is 18.0 Å². The van der Waals surface area contributed by atoms with Crippen LogP contribution in [-0.2, 0) is 9.59 Å². The third-order valence-electron chi connectivity index (χ3n) is 1.94. The molecule has 20 heavy (non-hydrogen) atoms. The van der Waals surface area contributed by atoms with Crippen LogP contribution in [0.1, 0.15) is 19.3 Å². The summed E-state index contributed by atoms with van der Waals surface area (Å²) in [5.74, 6) is -2.85. The highest BCUT2D eigenvalue weighted by Crippen LogP contribution is 1.91. The summed E-state index contributed by atoms with van der Waals surface area (Å²) >= 11 is 0. The van der Waals surface area contributed by atoms with Crippen LogP contribution < -0.4 is 16.8 Å². The van der Waals surface area contributed by atoms with Crippen LogP contribution in [0.25, 0.3) is 0 Å². The number of nitrogens with one attached hydrogen (secondary N) is 1.